The molecule has 4 rings (SSSR count). The van der Waals surface area contributed by atoms with Crippen molar-refractivity contribution in [2.24, 2.45) is 0 Å². The number of rotatable bonds is 2. The molecule has 27 heavy (non-hydrogen) atoms. The van der Waals surface area contributed by atoms with E-state index in [1.165, 1.54) is 16.2 Å². The van der Waals surface area contributed by atoms with E-state index in [4.69, 9.17) is 23.2 Å². The molecule has 0 unspecified atom stereocenters. The molecule has 0 saturated heterocycles. The fourth-order valence-electron chi connectivity index (χ4n) is 2.93. The highest BCUT2D eigenvalue weighted by Gasteiger charge is 2.35. The average molecular weight is 415 g/mol. The number of carbonyl (C=O) groups excluding carboxylic acids is 2. The lowest BCUT2D eigenvalue weighted by molar-refractivity contribution is -0.112. The normalized spacial score (nSPS) is 15.4. The quantitative estimate of drug-likeness (QED) is 0.411. The SMILES string of the molecule is Cc1ccc(N2C(=O)C(=Cc3sc(Cl)nc3Cl)c3ccccc3C2=O)cc1. The van der Waals surface area contributed by atoms with Crippen molar-refractivity contribution in [2.75, 3.05) is 4.90 Å². The zero-order valence-corrected chi connectivity index (χ0v) is 16.4. The molecule has 0 fully saturated rings. The monoisotopic (exact) mass is 414 g/mol. The van der Waals surface area contributed by atoms with E-state index in [0.29, 0.717) is 27.3 Å². The van der Waals surface area contributed by atoms with Gasteiger partial charge in [0, 0.05) is 16.7 Å². The maximum Gasteiger partial charge on any atom is 0.266 e. The number of imide groups is 1. The van der Waals surface area contributed by atoms with Gasteiger partial charge in [0.25, 0.3) is 11.8 Å². The molecule has 4 nitrogen and oxygen atoms in total. The minimum absolute atomic E-state index is 0.224. The number of halogens is 2. The molecule has 2 heterocycles. The molecule has 0 spiro atoms. The molecule has 0 N–H and O–H groups in total. The van der Waals surface area contributed by atoms with Crippen LogP contribution in [-0.2, 0) is 4.79 Å². The molecular formula is C20H12Cl2N2O2S. The van der Waals surface area contributed by atoms with Gasteiger partial charge in [0.2, 0.25) is 0 Å². The first-order valence-corrected chi connectivity index (χ1v) is 9.61. The summed E-state index contributed by atoms with van der Waals surface area (Å²) in [5, 5.41) is 0.224. The van der Waals surface area contributed by atoms with Gasteiger partial charge < -0.3 is 0 Å². The van der Waals surface area contributed by atoms with Crippen LogP contribution >= 0.6 is 34.5 Å². The third kappa shape index (κ3) is 3.18. The van der Waals surface area contributed by atoms with Crippen molar-refractivity contribution in [3.8, 4) is 0 Å². The molecular weight excluding hydrogens is 403 g/mol. The Labute approximate surface area is 169 Å². The van der Waals surface area contributed by atoms with Crippen LogP contribution < -0.4 is 4.90 Å². The number of anilines is 1. The van der Waals surface area contributed by atoms with E-state index in [0.717, 1.165) is 5.56 Å². The Kier molecular flexibility index (Phi) is 4.60. The Hall–Kier alpha value is -2.47. The summed E-state index contributed by atoms with van der Waals surface area (Å²) in [4.78, 5) is 32.0. The average Bonchev–Trinajstić information content (AvgIpc) is 2.97. The second-order valence-corrected chi connectivity index (χ2v) is 7.98. The van der Waals surface area contributed by atoms with Gasteiger partial charge >= 0.3 is 0 Å². The first kappa shape index (κ1) is 17.9. The number of benzene rings is 2. The van der Waals surface area contributed by atoms with Crippen molar-refractivity contribution in [3.63, 3.8) is 0 Å². The lowest BCUT2D eigenvalue weighted by Crippen LogP contribution is -2.41. The molecule has 2 aromatic carbocycles. The highest BCUT2D eigenvalue weighted by atomic mass is 35.5. The summed E-state index contributed by atoms with van der Waals surface area (Å²) in [7, 11) is 0. The first-order chi connectivity index (χ1) is 13.0. The van der Waals surface area contributed by atoms with Gasteiger partial charge in [-0.15, -0.1) is 11.3 Å². The molecule has 0 radical (unpaired) electrons. The van der Waals surface area contributed by atoms with Crippen LogP contribution in [0.25, 0.3) is 11.6 Å². The van der Waals surface area contributed by atoms with Gasteiger partial charge in [-0.1, -0.05) is 59.1 Å². The minimum atomic E-state index is -0.414. The Morgan fingerprint density at radius 2 is 1.63 bits per heavy atom. The summed E-state index contributed by atoms with van der Waals surface area (Å²) >= 11 is 13.2. The summed E-state index contributed by atoms with van der Waals surface area (Å²) < 4.78 is 0.287. The van der Waals surface area contributed by atoms with Crippen LogP contribution in [0.5, 0.6) is 0 Å². The largest absolute Gasteiger partial charge is 0.268 e. The van der Waals surface area contributed by atoms with E-state index in [1.54, 1.807) is 42.5 Å². The van der Waals surface area contributed by atoms with Crippen LogP contribution in [0.4, 0.5) is 5.69 Å². The Bertz CT molecular complexity index is 1100. The number of amides is 2. The molecule has 134 valence electrons. The molecule has 0 bridgehead atoms. The van der Waals surface area contributed by atoms with Gasteiger partial charge in [-0.05, 0) is 31.2 Å². The third-order valence-corrected chi connectivity index (χ3v) is 5.74. The summed E-state index contributed by atoms with van der Waals surface area (Å²) in [6.07, 6.45) is 1.64. The van der Waals surface area contributed by atoms with Crippen molar-refractivity contribution in [1.82, 2.24) is 4.98 Å². The fraction of sp³-hybridized carbons (Fsp3) is 0.0500. The highest BCUT2D eigenvalue weighted by molar-refractivity contribution is 7.17. The molecule has 7 heteroatoms. The lowest BCUT2D eigenvalue weighted by atomic mass is 9.92. The second-order valence-electron chi connectivity index (χ2n) is 6.01. The number of hydrogen-bond acceptors (Lipinski definition) is 4. The van der Waals surface area contributed by atoms with Gasteiger partial charge in [-0.25, -0.2) is 9.88 Å². The van der Waals surface area contributed by atoms with Crippen molar-refractivity contribution < 1.29 is 9.59 Å². The van der Waals surface area contributed by atoms with E-state index < -0.39 is 5.91 Å². The van der Waals surface area contributed by atoms with Crippen LogP contribution in [0.3, 0.4) is 0 Å². The topological polar surface area (TPSA) is 50.3 Å². The van der Waals surface area contributed by atoms with E-state index in [-0.39, 0.29) is 15.5 Å². The molecule has 3 aromatic rings. The minimum Gasteiger partial charge on any atom is -0.268 e. The van der Waals surface area contributed by atoms with Gasteiger partial charge in [-0.2, -0.15) is 0 Å². The molecule has 0 aliphatic carbocycles. The molecule has 1 aliphatic rings. The standard InChI is InChI=1S/C20H12Cl2N2O2S/c1-11-6-8-12(9-7-11)24-18(25)14-5-3-2-4-13(14)15(19(24)26)10-16-17(21)23-20(22)27-16/h2-10H,1H3. The zero-order chi connectivity index (χ0) is 19.1. The van der Waals surface area contributed by atoms with E-state index >= 15 is 0 Å². The summed E-state index contributed by atoms with van der Waals surface area (Å²) in [6.45, 7) is 1.94. The summed E-state index contributed by atoms with van der Waals surface area (Å²) in [5.74, 6) is -0.770. The van der Waals surface area contributed by atoms with Gasteiger partial charge in [-0.3, -0.25) is 9.59 Å². The number of fused-ring (bicyclic) bond motifs is 1. The van der Waals surface area contributed by atoms with Crippen molar-refractivity contribution >= 4 is 63.7 Å². The first-order valence-electron chi connectivity index (χ1n) is 8.04. The number of hydrogen-bond donors (Lipinski definition) is 0. The number of carbonyl (C=O) groups is 2. The van der Waals surface area contributed by atoms with Crippen LogP contribution in [0, 0.1) is 6.92 Å². The maximum atomic E-state index is 13.3. The Balaban J connectivity index is 1.91. The van der Waals surface area contributed by atoms with E-state index in [1.807, 2.05) is 19.1 Å². The molecule has 1 aliphatic heterocycles. The second kappa shape index (κ2) is 6.93. The van der Waals surface area contributed by atoms with Crippen LogP contribution in [0.1, 0.15) is 26.4 Å². The molecule has 2 amide bonds. The van der Waals surface area contributed by atoms with Gasteiger partial charge in [0.1, 0.15) is 5.15 Å². The maximum absolute atomic E-state index is 13.3. The predicted molar refractivity (Wildman–Crippen MR) is 109 cm³/mol. The summed E-state index contributed by atoms with van der Waals surface area (Å²) in [5.41, 5.74) is 2.95. The molecule has 0 saturated carbocycles. The number of nitrogens with zero attached hydrogens (tertiary/aromatic N) is 2. The van der Waals surface area contributed by atoms with Crippen LogP contribution in [0.2, 0.25) is 9.62 Å². The predicted octanol–water partition coefficient (Wildman–Crippen LogP) is 5.49. The third-order valence-electron chi connectivity index (χ3n) is 4.24. The van der Waals surface area contributed by atoms with E-state index in [2.05, 4.69) is 4.98 Å². The van der Waals surface area contributed by atoms with Crippen molar-refractivity contribution in [3.05, 3.63) is 79.7 Å². The van der Waals surface area contributed by atoms with Crippen molar-refractivity contribution in [1.29, 1.82) is 0 Å². The Morgan fingerprint density at radius 3 is 2.26 bits per heavy atom. The van der Waals surface area contributed by atoms with Crippen LogP contribution in [-0.4, -0.2) is 16.8 Å². The molecule has 1 aromatic heterocycles. The van der Waals surface area contributed by atoms with Gasteiger partial charge in [0.15, 0.2) is 4.47 Å². The van der Waals surface area contributed by atoms with E-state index in [9.17, 15) is 9.59 Å². The number of thiazole rings is 1. The Morgan fingerprint density at radius 1 is 0.963 bits per heavy atom. The zero-order valence-electron chi connectivity index (χ0n) is 14.1. The van der Waals surface area contributed by atoms with Gasteiger partial charge in [0.05, 0.1) is 10.6 Å². The molecule has 0 atom stereocenters. The number of aromatic nitrogens is 1. The summed E-state index contributed by atoms with van der Waals surface area (Å²) in [6, 6.07) is 14.3. The van der Waals surface area contributed by atoms with Crippen LogP contribution in [0.15, 0.2) is 48.5 Å². The smallest absolute Gasteiger partial charge is 0.266 e. The fourth-order valence-corrected chi connectivity index (χ4v) is 4.24. The van der Waals surface area contributed by atoms with Crippen molar-refractivity contribution in [2.45, 2.75) is 6.92 Å². The number of aryl methyl sites for hydroxylation is 1. The lowest BCUT2D eigenvalue weighted by Gasteiger charge is -2.28. The highest BCUT2D eigenvalue weighted by Crippen LogP contribution is 2.36.